The van der Waals surface area contributed by atoms with Gasteiger partial charge in [-0.2, -0.15) is 5.10 Å². The molecule has 0 unspecified atom stereocenters. The van der Waals surface area contributed by atoms with E-state index in [1.165, 1.54) is 17.7 Å². The summed E-state index contributed by atoms with van der Waals surface area (Å²) in [6.07, 6.45) is 1.72. The van der Waals surface area contributed by atoms with Crippen LogP contribution >= 0.6 is 0 Å². The molecule has 0 saturated heterocycles. The molecule has 24 heavy (non-hydrogen) atoms. The van der Waals surface area contributed by atoms with Crippen LogP contribution in [0.25, 0.3) is 0 Å². The second-order valence-electron chi connectivity index (χ2n) is 6.04. The van der Waals surface area contributed by atoms with Gasteiger partial charge in [-0.25, -0.2) is 9.37 Å². The number of benzene rings is 2. The second-order valence-corrected chi connectivity index (χ2v) is 6.04. The second kappa shape index (κ2) is 7.36. The highest BCUT2D eigenvalue weighted by atomic mass is 19.1. The molecule has 0 bridgehead atoms. The van der Waals surface area contributed by atoms with Gasteiger partial charge in [-0.15, -0.1) is 0 Å². The van der Waals surface area contributed by atoms with Crippen LogP contribution in [0.3, 0.4) is 0 Å². The SMILES string of the molecule is CN(C)[C@H](c1ccc(F)cc1)c1n[nH]c(CCc2ccccc2)n1. The van der Waals surface area contributed by atoms with Crippen LogP contribution in [0, 0.1) is 5.82 Å². The molecule has 1 heterocycles. The van der Waals surface area contributed by atoms with E-state index in [2.05, 4.69) is 27.3 Å². The smallest absolute Gasteiger partial charge is 0.172 e. The van der Waals surface area contributed by atoms with Crippen molar-refractivity contribution in [2.75, 3.05) is 14.1 Å². The van der Waals surface area contributed by atoms with E-state index in [0.717, 1.165) is 24.2 Å². The molecule has 0 spiro atoms. The molecule has 1 N–H and O–H groups in total. The maximum absolute atomic E-state index is 13.2. The number of aromatic nitrogens is 3. The van der Waals surface area contributed by atoms with Gasteiger partial charge in [0.1, 0.15) is 11.6 Å². The van der Waals surface area contributed by atoms with Gasteiger partial charge < -0.3 is 0 Å². The van der Waals surface area contributed by atoms with Gasteiger partial charge in [0, 0.05) is 6.42 Å². The maximum atomic E-state index is 13.2. The average molecular weight is 324 g/mol. The fraction of sp³-hybridized carbons (Fsp3) is 0.263. The highest BCUT2D eigenvalue weighted by Crippen LogP contribution is 2.24. The quantitative estimate of drug-likeness (QED) is 0.756. The molecule has 0 aliphatic heterocycles. The van der Waals surface area contributed by atoms with E-state index in [0.29, 0.717) is 5.82 Å². The Morgan fingerprint density at radius 3 is 2.38 bits per heavy atom. The van der Waals surface area contributed by atoms with E-state index in [1.54, 1.807) is 12.1 Å². The third kappa shape index (κ3) is 3.86. The summed E-state index contributed by atoms with van der Waals surface area (Å²) >= 11 is 0. The molecular formula is C19H21FN4. The summed E-state index contributed by atoms with van der Waals surface area (Å²) in [7, 11) is 3.93. The van der Waals surface area contributed by atoms with E-state index in [1.807, 2.05) is 37.2 Å². The lowest BCUT2D eigenvalue weighted by atomic mass is 10.1. The van der Waals surface area contributed by atoms with Crippen molar-refractivity contribution in [3.63, 3.8) is 0 Å². The Bertz CT molecular complexity index is 766. The highest BCUT2D eigenvalue weighted by Gasteiger charge is 2.21. The number of aryl methyl sites for hydroxylation is 2. The standard InChI is InChI=1S/C19H21FN4/c1-24(2)18(15-9-11-16(20)12-10-15)19-21-17(22-23-19)13-8-14-6-4-3-5-7-14/h3-7,9-12,18H,8,13H2,1-2H3,(H,21,22,23)/t18-/m1/s1. The van der Waals surface area contributed by atoms with Crippen LogP contribution in [0.5, 0.6) is 0 Å². The molecular weight excluding hydrogens is 303 g/mol. The summed E-state index contributed by atoms with van der Waals surface area (Å²) in [6, 6.07) is 16.7. The van der Waals surface area contributed by atoms with E-state index < -0.39 is 0 Å². The van der Waals surface area contributed by atoms with Crippen LogP contribution in [0.1, 0.15) is 28.8 Å². The van der Waals surface area contributed by atoms with Crippen LogP contribution in [-0.4, -0.2) is 34.2 Å². The maximum Gasteiger partial charge on any atom is 0.172 e. The van der Waals surface area contributed by atoms with Crippen molar-refractivity contribution in [3.05, 3.63) is 83.2 Å². The number of aromatic amines is 1. The molecule has 3 rings (SSSR count). The number of nitrogens with one attached hydrogen (secondary N) is 1. The van der Waals surface area contributed by atoms with E-state index in [9.17, 15) is 4.39 Å². The van der Waals surface area contributed by atoms with Crippen molar-refractivity contribution in [3.8, 4) is 0 Å². The van der Waals surface area contributed by atoms with Crippen LogP contribution in [0.4, 0.5) is 4.39 Å². The Balaban J connectivity index is 1.75. The van der Waals surface area contributed by atoms with Crippen molar-refractivity contribution < 1.29 is 4.39 Å². The third-order valence-corrected chi connectivity index (χ3v) is 3.99. The Morgan fingerprint density at radius 1 is 1.00 bits per heavy atom. The molecule has 1 aromatic heterocycles. The van der Waals surface area contributed by atoms with E-state index in [4.69, 9.17) is 0 Å². The lowest BCUT2D eigenvalue weighted by Gasteiger charge is -2.21. The molecule has 0 radical (unpaired) electrons. The van der Waals surface area contributed by atoms with Crippen LogP contribution in [-0.2, 0) is 12.8 Å². The zero-order valence-electron chi connectivity index (χ0n) is 13.9. The first-order valence-electron chi connectivity index (χ1n) is 8.00. The Morgan fingerprint density at radius 2 is 1.71 bits per heavy atom. The molecule has 0 aliphatic rings. The fourth-order valence-electron chi connectivity index (χ4n) is 2.77. The Hall–Kier alpha value is -2.53. The largest absolute Gasteiger partial charge is 0.296 e. The molecule has 5 heteroatoms. The zero-order valence-corrected chi connectivity index (χ0v) is 13.9. The van der Waals surface area contributed by atoms with Gasteiger partial charge in [-0.05, 0) is 43.8 Å². The highest BCUT2D eigenvalue weighted by molar-refractivity contribution is 5.25. The summed E-state index contributed by atoms with van der Waals surface area (Å²) in [5.41, 5.74) is 2.24. The van der Waals surface area contributed by atoms with Gasteiger partial charge in [0.05, 0.1) is 6.04 Å². The van der Waals surface area contributed by atoms with Gasteiger partial charge in [0.2, 0.25) is 0 Å². The van der Waals surface area contributed by atoms with Crippen molar-refractivity contribution >= 4 is 0 Å². The predicted molar refractivity (Wildman–Crippen MR) is 92.2 cm³/mol. The molecule has 0 aliphatic carbocycles. The number of nitrogens with zero attached hydrogens (tertiary/aromatic N) is 3. The number of halogens is 1. The minimum absolute atomic E-state index is 0.104. The first-order chi connectivity index (χ1) is 11.6. The Kier molecular flexibility index (Phi) is 5.01. The molecule has 0 amide bonds. The summed E-state index contributed by atoms with van der Waals surface area (Å²) in [6.45, 7) is 0. The molecule has 3 aromatic rings. The molecule has 4 nitrogen and oxygen atoms in total. The summed E-state index contributed by atoms with van der Waals surface area (Å²) in [4.78, 5) is 6.67. The summed E-state index contributed by atoms with van der Waals surface area (Å²) < 4.78 is 13.2. The molecule has 1 atom stereocenters. The normalized spacial score (nSPS) is 12.5. The monoisotopic (exact) mass is 324 g/mol. The lowest BCUT2D eigenvalue weighted by molar-refractivity contribution is 0.330. The van der Waals surface area contributed by atoms with Crippen molar-refractivity contribution in [1.29, 1.82) is 0 Å². The number of H-pyrrole nitrogens is 1. The number of rotatable bonds is 6. The average Bonchev–Trinajstić information content (AvgIpc) is 3.04. The predicted octanol–water partition coefficient (Wildman–Crippen LogP) is 3.38. The topological polar surface area (TPSA) is 44.8 Å². The first-order valence-corrected chi connectivity index (χ1v) is 8.00. The number of hydrogen-bond acceptors (Lipinski definition) is 3. The number of hydrogen-bond donors (Lipinski definition) is 1. The van der Waals surface area contributed by atoms with Crippen LogP contribution in [0.2, 0.25) is 0 Å². The van der Waals surface area contributed by atoms with Crippen LogP contribution in [0.15, 0.2) is 54.6 Å². The molecule has 0 saturated carbocycles. The molecule has 2 aromatic carbocycles. The van der Waals surface area contributed by atoms with Gasteiger partial charge >= 0.3 is 0 Å². The fourth-order valence-corrected chi connectivity index (χ4v) is 2.77. The van der Waals surface area contributed by atoms with Crippen molar-refractivity contribution in [2.45, 2.75) is 18.9 Å². The van der Waals surface area contributed by atoms with Crippen LogP contribution < -0.4 is 0 Å². The van der Waals surface area contributed by atoms with Gasteiger partial charge in [-0.3, -0.25) is 10.00 Å². The van der Waals surface area contributed by atoms with Crippen molar-refractivity contribution in [1.82, 2.24) is 20.1 Å². The first kappa shape index (κ1) is 16.3. The Labute approximate surface area is 141 Å². The zero-order chi connectivity index (χ0) is 16.9. The molecule has 0 fully saturated rings. The minimum atomic E-state index is -0.241. The summed E-state index contributed by atoms with van der Waals surface area (Å²) in [5, 5.41) is 7.41. The summed E-state index contributed by atoms with van der Waals surface area (Å²) in [5.74, 6) is 1.33. The van der Waals surface area contributed by atoms with E-state index >= 15 is 0 Å². The van der Waals surface area contributed by atoms with Crippen molar-refractivity contribution in [2.24, 2.45) is 0 Å². The third-order valence-electron chi connectivity index (χ3n) is 3.99. The molecule has 124 valence electrons. The lowest BCUT2D eigenvalue weighted by Crippen LogP contribution is -2.22. The van der Waals surface area contributed by atoms with Gasteiger partial charge in [0.15, 0.2) is 5.82 Å². The van der Waals surface area contributed by atoms with Gasteiger partial charge in [-0.1, -0.05) is 42.5 Å². The van der Waals surface area contributed by atoms with E-state index in [-0.39, 0.29) is 11.9 Å². The minimum Gasteiger partial charge on any atom is -0.296 e. The van der Waals surface area contributed by atoms with Gasteiger partial charge in [0.25, 0.3) is 0 Å².